The van der Waals surface area contributed by atoms with Gasteiger partial charge in [-0.15, -0.1) is 0 Å². The number of nitriles is 1. The lowest BCUT2D eigenvalue weighted by atomic mass is 9.94. The van der Waals surface area contributed by atoms with Crippen LogP contribution in [-0.2, 0) is 20.1 Å². The summed E-state index contributed by atoms with van der Waals surface area (Å²) in [4.78, 5) is 25.4. The van der Waals surface area contributed by atoms with E-state index < -0.39 is 11.7 Å². The molecule has 1 fully saturated rings. The average molecular weight is 498 g/mol. The number of methoxy groups -OCH3 is 1. The molecule has 1 unspecified atom stereocenters. The molecule has 3 heterocycles. The first kappa shape index (κ1) is 24.1. The number of fused-ring (bicyclic) bond motifs is 1. The number of esters is 1. The number of imidazole rings is 1. The maximum absolute atomic E-state index is 13.3. The summed E-state index contributed by atoms with van der Waals surface area (Å²) in [7, 11) is 1.64. The number of hydrogen-bond donors (Lipinski definition) is 0. The molecule has 9 heteroatoms. The van der Waals surface area contributed by atoms with Gasteiger partial charge in [0, 0.05) is 18.3 Å². The Hall–Kier alpha value is -4.58. The van der Waals surface area contributed by atoms with Crippen LogP contribution in [0.15, 0.2) is 65.7 Å². The van der Waals surface area contributed by atoms with Gasteiger partial charge in [0.2, 0.25) is 0 Å². The maximum Gasteiger partial charge on any atom is 0.380 e. The molecule has 2 aliphatic heterocycles. The number of aryl methyl sites for hydroxylation is 1. The summed E-state index contributed by atoms with van der Waals surface area (Å²) in [6, 6.07) is 14.8. The number of nitrogens with zero attached hydrogens (tertiary/aromatic N) is 5. The van der Waals surface area contributed by atoms with Crippen LogP contribution < -0.4 is 4.74 Å². The summed E-state index contributed by atoms with van der Waals surface area (Å²) in [5.74, 6) is 0.765. The Bertz CT molecular complexity index is 1430. The van der Waals surface area contributed by atoms with Gasteiger partial charge < -0.3 is 23.8 Å². The van der Waals surface area contributed by atoms with Crippen molar-refractivity contribution >= 4 is 17.9 Å². The zero-order valence-electron chi connectivity index (χ0n) is 21.0. The van der Waals surface area contributed by atoms with Crippen molar-refractivity contribution in [3.8, 4) is 17.5 Å². The van der Waals surface area contributed by atoms with Gasteiger partial charge in [-0.1, -0.05) is 23.4 Å². The highest BCUT2D eigenvalue weighted by Crippen LogP contribution is 2.41. The molecule has 0 amide bonds. The standard InChI is InChI=1S/C28H27N5O4/c1-4-36-27(34)28(23-10-7-20(16-29)8-11-23)33-13-5-6-22(26(33)31-37-28)14-21-9-12-24(25(15-21)35-3)32-17-19(2)30-18-32/h7-12,14-15,17-18H,4-6,13H2,1-3H3/b22-14+. The van der Waals surface area contributed by atoms with E-state index in [1.165, 1.54) is 0 Å². The summed E-state index contributed by atoms with van der Waals surface area (Å²) in [6.45, 7) is 4.46. The van der Waals surface area contributed by atoms with Crippen molar-refractivity contribution in [1.82, 2.24) is 14.5 Å². The predicted molar refractivity (Wildman–Crippen MR) is 137 cm³/mol. The molecule has 1 aromatic heterocycles. The molecule has 1 atom stereocenters. The topological polar surface area (TPSA) is 102 Å². The summed E-state index contributed by atoms with van der Waals surface area (Å²) in [5, 5.41) is 13.6. The molecule has 0 bridgehead atoms. The van der Waals surface area contributed by atoms with E-state index in [-0.39, 0.29) is 6.61 Å². The van der Waals surface area contributed by atoms with Gasteiger partial charge in [-0.2, -0.15) is 5.26 Å². The molecule has 0 N–H and O–H groups in total. The Labute approximate surface area is 215 Å². The molecular weight excluding hydrogens is 470 g/mol. The predicted octanol–water partition coefficient (Wildman–Crippen LogP) is 4.30. The fourth-order valence-corrected chi connectivity index (χ4v) is 4.75. The number of hydrogen-bond acceptors (Lipinski definition) is 8. The van der Waals surface area contributed by atoms with E-state index in [1.807, 2.05) is 46.9 Å². The Morgan fingerprint density at radius 1 is 1.27 bits per heavy atom. The number of carbonyl (C=O) groups excluding carboxylic acids is 1. The third-order valence-corrected chi connectivity index (χ3v) is 6.51. The van der Waals surface area contributed by atoms with Gasteiger partial charge >= 0.3 is 11.7 Å². The van der Waals surface area contributed by atoms with E-state index in [0.717, 1.165) is 35.4 Å². The number of rotatable bonds is 6. The van der Waals surface area contributed by atoms with Crippen LogP contribution in [-0.4, -0.2) is 46.5 Å². The maximum atomic E-state index is 13.3. The molecule has 0 saturated carbocycles. The Morgan fingerprint density at radius 2 is 2.08 bits per heavy atom. The SMILES string of the molecule is CCOC(=O)C1(c2ccc(C#N)cc2)ON=C2/C(=C/c3ccc(-n4cnc(C)c4)c(OC)c3)CCCN21. The molecule has 2 aliphatic rings. The van der Waals surface area contributed by atoms with E-state index in [9.17, 15) is 10.1 Å². The fourth-order valence-electron chi connectivity index (χ4n) is 4.75. The summed E-state index contributed by atoms with van der Waals surface area (Å²) < 4.78 is 13.0. The summed E-state index contributed by atoms with van der Waals surface area (Å²) in [6.07, 6.45) is 7.32. The van der Waals surface area contributed by atoms with Gasteiger partial charge in [-0.3, -0.25) is 0 Å². The largest absolute Gasteiger partial charge is 0.495 e. The van der Waals surface area contributed by atoms with Crippen molar-refractivity contribution in [3.05, 3.63) is 82.9 Å². The van der Waals surface area contributed by atoms with Crippen LogP contribution in [0.25, 0.3) is 11.8 Å². The average Bonchev–Trinajstić information content (AvgIpc) is 3.54. The van der Waals surface area contributed by atoms with Crippen LogP contribution in [0.1, 0.15) is 42.1 Å². The van der Waals surface area contributed by atoms with Gasteiger partial charge in [0.05, 0.1) is 43.1 Å². The molecule has 0 spiro atoms. The van der Waals surface area contributed by atoms with Crippen molar-refractivity contribution in [2.75, 3.05) is 20.3 Å². The molecule has 188 valence electrons. The van der Waals surface area contributed by atoms with Crippen LogP contribution in [0.4, 0.5) is 0 Å². The lowest BCUT2D eigenvalue weighted by Crippen LogP contribution is -2.54. The molecule has 3 aromatic rings. The second kappa shape index (κ2) is 9.82. The molecule has 5 rings (SSSR count). The van der Waals surface area contributed by atoms with Gasteiger partial charge in [0.1, 0.15) is 5.75 Å². The van der Waals surface area contributed by atoms with Gasteiger partial charge in [0.25, 0.3) is 0 Å². The highest BCUT2D eigenvalue weighted by molar-refractivity contribution is 6.06. The Morgan fingerprint density at radius 3 is 2.76 bits per heavy atom. The number of carbonyl (C=O) groups is 1. The van der Waals surface area contributed by atoms with Crippen LogP contribution in [0.5, 0.6) is 5.75 Å². The zero-order valence-corrected chi connectivity index (χ0v) is 21.0. The quantitative estimate of drug-likeness (QED) is 0.468. The van der Waals surface area contributed by atoms with Crippen molar-refractivity contribution in [1.29, 1.82) is 5.26 Å². The second-order valence-corrected chi connectivity index (χ2v) is 8.84. The monoisotopic (exact) mass is 497 g/mol. The van der Waals surface area contributed by atoms with Crippen molar-refractivity contribution in [3.63, 3.8) is 0 Å². The molecular formula is C28H27N5O4. The van der Waals surface area contributed by atoms with Crippen LogP contribution in [0.2, 0.25) is 0 Å². The summed E-state index contributed by atoms with van der Waals surface area (Å²) >= 11 is 0. The fraction of sp³-hybridized carbons (Fsp3) is 0.286. The minimum absolute atomic E-state index is 0.203. The van der Waals surface area contributed by atoms with E-state index in [4.69, 9.17) is 14.3 Å². The first-order chi connectivity index (χ1) is 18.0. The lowest BCUT2D eigenvalue weighted by molar-refractivity contribution is -0.189. The molecule has 2 aromatic carbocycles. The normalized spacial score (nSPS) is 19.6. The Balaban J connectivity index is 1.51. The molecule has 0 radical (unpaired) electrons. The number of aromatic nitrogens is 2. The van der Waals surface area contributed by atoms with Crippen molar-refractivity contribution in [2.45, 2.75) is 32.4 Å². The first-order valence-electron chi connectivity index (χ1n) is 12.1. The van der Waals surface area contributed by atoms with Crippen molar-refractivity contribution < 1.29 is 19.1 Å². The number of benzene rings is 2. The highest BCUT2D eigenvalue weighted by Gasteiger charge is 2.57. The summed E-state index contributed by atoms with van der Waals surface area (Å²) in [5.41, 5.74) is 3.19. The van der Waals surface area contributed by atoms with Crippen molar-refractivity contribution in [2.24, 2.45) is 5.16 Å². The second-order valence-electron chi connectivity index (χ2n) is 8.84. The number of piperidine rings is 1. The molecule has 1 saturated heterocycles. The minimum atomic E-state index is -1.54. The van der Waals surface area contributed by atoms with Gasteiger partial charge in [0.15, 0.2) is 5.84 Å². The van der Waals surface area contributed by atoms with Crippen LogP contribution >= 0.6 is 0 Å². The molecule has 9 nitrogen and oxygen atoms in total. The third-order valence-electron chi connectivity index (χ3n) is 6.51. The number of amidine groups is 1. The van der Waals surface area contributed by atoms with Crippen LogP contribution in [0, 0.1) is 18.3 Å². The first-order valence-corrected chi connectivity index (χ1v) is 12.1. The number of ether oxygens (including phenoxy) is 2. The minimum Gasteiger partial charge on any atom is -0.495 e. The molecule has 0 aliphatic carbocycles. The zero-order chi connectivity index (χ0) is 26.0. The van der Waals surface area contributed by atoms with E-state index in [2.05, 4.69) is 16.2 Å². The Kier molecular flexibility index (Phi) is 6.40. The lowest BCUT2D eigenvalue weighted by Gasteiger charge is -2.37. The highest BCUT2D eigenvalue weighted by atomic mass is 16.7. The van der Waals surface area contributed by atoms with Gasteiger partial charge in [-0.05, 0) is 68.2 Å². The van der Waals surface area contributed by atoms with Gasteiger partial charge in [-0.25, -0.2) is 9.78 Å². The van der Waals surface area contributed by atoms with E-state index >= 15 is 0 Å². The molecule has 37 heavy (non-hydrogen) atoms. The van der Waals surface area contributed by atoms with E-state index in [1.54, 1.807) is 44.6 Å². The third kappa shape index (κ3) is 4.20. The number of oxime groups is 1. The van der Waals surface area contributed by atoms with Crippen LogP contribution in [0.3, 0.4) is 0 Å². The smallest absolute Gasteiger partial charge is 0.380 e. The van der Waals surface area contributed by atoms with E-state index in [0.29, 0.717) is 29.3 Å².